The Balaban J connectivity index is 1.40. The first-order valence-corrected chi connectivity index (χ1v) is 15.0. The number of thiophene rings is 1. The molecule has 11 heteroatoms. The quantitative estimate of drug-likeness (QED) is 0.455. The lowest BCUT2D eigenvalue weighted by atomic mass is 9.56. The molecule has 1 spiro atoms. The lowest BCUT2D eigenvalue weighted by Gasteiger charge is -2.49. The molecule has 10 nitrogen and oxygen atoms in total. The maximum absolute atomic E-state index is 14.3. The second-order valence-corrected chi connectivity index (χ2v) is 12.6. The van der Waals surface area contributed by atoms with Crippen LogP contribution in [0.5, 0.6) is 0 Å². The Morgan fingerprint density at radius 3 is 2.65 bits per heavy atom. The number of oxazole rings is 1. The molecule has 0 radical (unpaired) electrons. The van der Waals surface area contributed by atoms with Crippen molar-refractivity contribution < 1.29 is 38.1 Å². The minimum absolute atomic E-state index is 0.00910. The van der Waals surface area contributed by atoms with Crippen molar-refractivity contribution in [3.8, 4) is 10.8 Å². The van der Waals surface area contributed by atoms with Crippen molar-refractivity contribution in [1.29, 1.82) is 0 Å². The van der Waals surface area contributed by atoms with Crippen LogP contribution >= 0.6 is 11.3 Å². The van der Waals surface area contributed by atoms with Gasteiger partial charge in [0.15, 0.2) is 5.78 Å². The number of Topliss-reactive ketones (excluding diaryl/α,β-unsaturated/α-hetero) is 1. The van der Waals surface area contributed by atoms with Gasteiger partial charge in [-0.3, -0.25) is 19.3 Å². The number of amides is 1. The van der Waals surface area contributed by atoms with E-state index in [1.165, 1.54) is 17.6 Å². The number of hydrogen-bond acceptors (Lipinski definition) is 9. The van der Waals surface area contributed by atoms with Crippen LogP contribution in [0.2, 0.25) is 0 Å². The van der Waals surface area contributed by atoms with Crippen LogP contribution in [0.3, 0.4) is 0 Å². The van der Waals surface area contributed by atoms with Gasteiger partial charge < -0.3 is 23.7 Å². The van der Waals surface area contributed by atoms with E-state index in [1.807, 2.05) is 6.92 Å². The number of nitrogens with zero attached hydrogens (tertiary/aromatic N) is 2. The van der Waals surface area contributed by atoms with Crippen LogP contribution in [-0.4, -0.2) is 72.9 Å². The highest BCUT2D eigenvalue weighted by Crippen LogP contribution is 2.57. The van der Waals surface area contributed by atoms with Crippen molar-refractivity contribution in [2.45, 2.75) is 76.6 Å². The summed E-state index contributed by atoms with van der Waals surface area (Å²) < 4.78 is 23.8. The molecule has 2 aromatic rings. The topological polar surface area (TPSA) is 128 Å². The molecular formula is C29H36N2O8S. The van der Waals surface area contributed by atoms with E-state index in [0.29, 0.717) is 40.1 Å². The highest BCUT2D eigenvalue weighted by molar-refractivity contribution is 7.20. The predicted molar refractivity (Wildman–Crippen MR) is 145 cm³/mol. The zero-order chi connectivity index (χ0) is 28.0. The summed E-state index contributed by atoms with van der Waals surface area (Å²) in [6, 6.07) is 0. The first-order chi connectivity index (χ1) is 19.3. The van der Waals surface area contributed by atoms with E-state index in [-0.39, 0.29) is 55.3 Å². The number of ether oxygens (including phenoxy) is 3. The number of carbonyl (C=O) groups excluding carboxylic acids is 2. The Kier molecular flexibility index (Phi) is 7.58. The van der Waals surface area contributed by atoms with Crippen LogP contribution in [-0.2, 0) is 23.8 Å². The van der Waals surface area contributed by atoms with Crippen molar-refractivity contribution in [2.24, 2.45) is 17.3 Å². The Bertz CT molecular complexity index is 1260. The van der Waals surface area contributed by atoms with Crippen molar-refractivity contribution in [1.82, 2.24) is 4.98 Å². The smallest absolute Gasteiger partial charge is 0.306 e. The van der Waals surface area contributed by atoms with E-state index in [2.05, 4.69) is 4.98 Å². The largest absolute Gasteiger partial charge is 0.481 e. The molecule has 2 aliphatic carbocycles. The zero-order valence-electron chi connectivity index (χ0n) is 22.9. The molecule has 2 aliphatic heterocycles. The van der Waals surface area contributed by atoms with E-state index < -0.39 is 17.3 Å². The summed E-state index contributed by atoms with van der Waals surface area (Å²) in [4.78, 5) is 46.8. The lowest BCUT2D eigenvalue weighted by Crippen LogP contribution is -2.61. The maximum Gasteiger partial charge on any atom is 0.306 e. The average molecular weight is 573 g/mol. The molecule has 2 saturated carbocycles. The van der Waals surface area contributed by atoms with Crippen molar-refractivity contribution in [3.63, 3.8) is 0 Å². The number of carboxylic acid groups (broad SMARTS) is 1. The number of carboxylic acids is 1. The van der Waals surface area contributed by atoms with Gasteiger partial charge in [-0.15, -0.1) is 11.3 Å². The summed E-state index contributed by atoms with van der Waals surface area (Å²) in [7, 11) is 1.73. The molecule has 0 bridgehead atoms. The molecule has 4 aliphatic rings. The molecule has 1 saturated heterocycles. The number of carbonyl (C=O) groups is 3. The summed E-state index contributed by atoms with van der Waals surface area (Å²) in [5.41, 5.74) is -0.192. The van der Waals surface area contributed by atoms with E-state index in [4.69, 9.17) is 18.6 Å². The molecule has 0 aromatic carbocycles. The first kappa shape index (κ1) is 27.6. The highest BCUT2D eigenvalue weighted by Gasteiger charge is 2.63. The van der Waals surface area contributed by atoms with Crippen LogP contribution < -0.4 is 4.90 Å². The molecule has 4 heterocycles. The summed E-state index contributed by atoms with van der Waals surface area (Å²) in [6.07, 6.45) is 8.36. The number of ketones is 1. The minimum Gasteiger partial charge on any atom is -0.481 e. The summed E-state index contributed by atoms with van der Waals surface area (Å²) in [6.45, 7) is 3.39. The monoisotopic (exact) mass is 572 g/mol. The van der Waals surface area contributed by atoms with E-state index in [0.717, 1.165) is 38.5 Å². The number of hydrogen-bond donors (Lipinski definition) is 1. The molecule has 1 N–H and O–H groups in total. The lowest BCUT2D eigenvalue weighted by molar-refractivity contribution is -0.152. The van der Waals surface area contributed by atoms with Gasteiger partial charge in [0.1, 0.15) is 16.7 Å². The number of methoxy groups -OCH3 is 1. The zero-order valence-corrected chi connectivity index (χ0v) is 23.7. The third-order valence-electron chi connectivity index (χ3n) is 9.29. The van der Waals surface area contributed by atoms with Gasteiger partial charge in [0, 0.05) is 26.2 Å². The summed E-state index contributed by atoms with van der Waals surface area (Å²) >= 11 is 1.32. The molecule has 3 fully saturated rings. The fourth-order valence-corrected chi connectivity index (χ4v) is 8.28. The van der Waals surface area contributed by atoms with E-state index in [1.54, 1.807) is 18.2 Å². The third kappa shape index (κ3) is 4.60. The minimum atomic E-state index is -1.37. The van der Waals surface area contributed by atoms with Gasteiger partial charge in [0.25, 0.3) is 0 Å². The number of rotatable bonds is 8. The van der Waals surface area contributed by atoms with Crippen LogP contribution in [0.25, 0.3) is 10.8 Å². The fraction of sp³-hybridized carbons (Fsp3) is 0.655. The molecule has 216 valence electrons. The SMILES string of the molecule is COC1CCCCC1C(CN1C(=O)C2(CC(C(=O)O)C2)C(=O)c2c1sc(-c1ncco1)c2C)OC1CCOCC1. The normalized spacial score (nSPS) is 29.9. The molecule has 40 heavy (non-hydrogen) atoms. The van der Waals surface area contributed by atoms with Gasteiger partial charge in [-0.1, -0.05) is 12.8 Å². The molecule has 6 rings (SSSR count). The number of fused-ring (bicyclic) bond motifs is 1. The Labute approximate surface area is 237 Å². The van der Waals surface area contributed by atoms with Crippen molar-refractivity contribution in [2.75, 3.05) is 31.8 Å². The predicted octanol–water partition coefficient (Wildman–Crippen LogP) is 4.49. The van der Waals surface area contributed by atoms with Crippen molar-refractivity contribution in [3.05, 3.63) is 23.6 Å². The van der Waals surface area contributed by atoms with Gasteiger partial charge in [-0.05, 0) is 51.0 Å². The standard InChI is InChI=1S/C29H36N2O8S/c1-16-22-24(32)29(13-17(14-29)27(33)34)28(35)31(26(22)40-23(16)25-30-9-12-38-25)15-21(39-18-7-10-37-11-8-18)19-5-3-4-6-20(19)36-2/h9,12,17-21H,3-8,10-11,13-15H2,1-2H3,(H,33,34). The number of aliphatic carboxylic acids is 1. The number of aromatic nitrogens is 1. The Hall–Kier alpha value is -2.60. The van der Waals surface area contributed by atoms with Crippen LogP contribution in [0.15, 0.2) is 16.9 Å². The van der Waals surface area contributed by atoms with E-state index >= 15 is 0 Å². The second kappa shape index (κ2) is 11.0. The molecule has 2 aromatic heterocycles. The highest BCUT2D eigenvalue weighted by atomic mass is 32.1. The maximum atomic E-state index is 14.3. The number of anilines is 1. The molecular weight excluding hydrogens is 536 g/mol. The molecule has 3 unspecified atom stereocenters. The second-order valence-electron chi connectivity index (χ2n) is 11.6. The Morgan fingerprint density at radius 2 is 1.98 bits per heavy atom. The van der Waals surface area contributed by atoms with Gasteiger partial charge in [0.05, 0.1) is 47.4 Å². The van der Waals surface area contributed by atoms with Crippen molar-refractivity contribution >= 4 is 34.0 Å². The fourth-order valence-electron chi connectivity index (χ4n) is 7.03. The Morgan fingerprint density at radius 1 is 1.23 bits per heavy atom. The van der Waals surface area contributed by atoms with Crippen LogP contribution in [0, 0.1) is 24.2 Å². The summed E-state index contributed by atoms with van der Waals surface area (Å²) in [5, 5.41) is 10.2. The average Bonchev–Trinajstić information content (AvgIpc) is 3.58. The van der Waals surface area contributed by atoms with Gasteiger partial charge >= 0.3 is 5.97 Å². The molecule has 3 atom stereocenters. The van der Waals surface area contributed by atoms with Crippen LogP contribution in [0.4, 0.5) is 5.00 Å². The van der Waals surface area contributed by atoms with Gasteiger partial charge in [-0.25, -0.2) is 4.98 Å². The van der Waals surface area contributed by atoms with Crippen LogP contribution in [0.1, 0.15) is 67.3 Å². The first-order valence-electron chi connectivity index (χ1n) is 14.2. The third-order valence-corrected chi connectivity index (χ3v) is 10.6. The molecule has 1 amide bonds. The van der Waals surface area contributed by atoms with E-state index in [9.17, 15) is 19.5 Å². The summed E-state index contributed by atoms with van der Waals surface area (Å²) in [5.74, 6) is -1.82. The van der Waals surface area contributed by atoms with Gasteiger partial charge in [-0.2, -0.15) is 0 Å². The van der Waals surface area contributed by atoms with Gasteiger partial charge in [0.2, 0.25) is 11.8 Å².